The molecule has 0 saturated carbocycles. The normalized spacial score (nSPS) is 29.3. The molecule has 0 aromatic carbocycles. The Morgan fingerprint density at radius 2 is 2.33 bits per heavy atom. The van der Waals surface area contributed by atoms with Crippen LogP contribution in [-0.4, -0.2) is 56.7 Å². The second kappa shape index (κ2) is 5.78. The zero-order valence-corrected chi connectivity index (χ0v) is 12.3. The lowest BCUT2D eigenvalue weighted by molar-refractivity contribution is -0.0583. The van der Waals surface area contributed by atoms with Gasteiger partial charge in [-0.25, -0.2) is 9.97 Å². The van der Waals surface area contributed by atoms with Crippen LogP contribution in [0.1, 0.15) is 6.23 Å². The van der Waals surface area contributed by atoms with Crippen LogP contribution in [0.4, 0.5) is 0 Å². The van der Waals surface area contributed by atoms with E-state index in [2.05, 4.69) is 24.4 Å². The Labute approximate surface area is 121 Å². The topological polar surface area (TPSA) is 111 Å². The third-order valence-electron chi connectivity index (χ3n) is 3.53. The molecule has 1 saturated heterocycles. The van der Waals surface area contributed by atoms with Crippen molar-refractivity contribution in [3.63, 3.8) is 0 Å². The summed E-state index contributed by atoms with van der Waals surface area (Å²) < 4.78 is 18.1. The van der Waals surface area contributed by atoms with Crippen LogP contribution in [0.2, 0.25) is 0 Å². The summed E-state index contributed by atoms with van der Waals surface area (Å²) in [5.74, 6) is 0. The summed E-state index contributed by atoms with van der Waals surface area (Å²) >= 11 is 0. The smallest absolute Gasteiger partial charge is 0.278 e. The standard InChI is InChI=1S/C11H15N4O5P/c1-18-8-7(20-21)5(2-16)19-11(8)15-4-14-6-9(15)12-3-13-10(6)17/h3-5,7-8,11,16H,2,21H2,1H3,(H,12,13,17). The van der Waals surface area contributed by atoms with Gasteiger partial charge in [0.1, 0.15) is 18.3 Å². The van der Waals surface area contributed by atoms with E-state index < -0.39 is 24.5 Å². The van der Waals surface area contributed by atoms with Crippen LogP contribution in [0.25, 0.3) is 11.2 Å². The molecule has 9 nitrogen and oxygen atoms in total. The number of aliphatic hydroxyl groups excluding tert-OH is 1. The fraction of sp³-hybridized carbons (Fsp3) is 0.545. The number of ether oxygens (including phenoxy) is 2. The van der Waals surface area contributed by atoms with Gasteiger partial charge in [0.2, 0.25) is 0 Å². The van der Waals surface area contributed by atoms with Gasteiger partial charge >= 0.3 is 0 Å². The van der Waals surface area contributed by atoms with E-state index in [0.29, 0.717) is 5.65 Å². The maximum atomic E-state index is 11.7. The van der Waals surface area contributed by atoms with Crippen LogP contribution in [0.15, 0.2) is 17.4 Å². The molecule has 0 bridgehead atoms. The molecule has 21 heavy (non-hydrogen) atoms. The summed E-state index contributed by atoms with van der Waals surface area (Å²) in [6.45, 7) is -0.212. The van der Waals surface area contributed by atoms with Crippen molar-refractivity contribution in [3.8, 4) is 0 Å². The average molecular weight is 314 g/mol. The molecule has 1 aliphatic heterocycles. The Hall–Kier alpha value is -1.38. The van der Waals surface area contributed by atoms with Gasteiger partial charge in [-0.1, -0.05) is 0 Å². The molecule has 2 N–H and O–H groups in total. The molecular weight excluding hydrogens is 299 g/mol. The van der Waals surface area contributed by atoms with Gasteiger partial charge in [0.25, 0.3) is 5.56 Å². The molecule has 2 aromatic heterocycles. The molecule has 0 aliphatic carbocycles. The Morgan fingerprint density at radius 3 is 3.00 bits per heavy atom. The first-order valence-corrected chi connectivity index (χ1v) is 6.73. The first-order valence-electron chi connectivity index (χ1n) is 6.26. The van der Waals surface area contributed by atoms with Gasteiger partial charge < -0.3 is 24.1 Å². The van der Waals surface area contributed by atoms with Crippen LogP contribution < -0.4 is 5.56 Å². The SMILES string of the molecule is COC1C(OP)C(CO)OC1n1cnc2c(=O)[nH]cnc21. The van der Waals surface area contributed by atoms with Crippen LogP contribution in [-0.2, 0) is 14.0 Å². The molecule has 0 amide bonds. The molecule has 3 heterocycles. The number of rotatable bonds is 4. The number of nitrogens with one attached hydrogen (secondary N) is 1. The molecule has 2 aromatic rings. The number of aliphatic hydroxyl groups is 1. The predicted molar refractivity (Wildman–Crippen MR) is 74.5 cm³/mol. The van der Waals surface area contributed by atoms with Crippen molar-refractivity contribution in [1.82, 2.24) is 19.5 Å². The van der Waals surface area contributed by atoms with Gasteiger partial charge in [-0.3, -0.25) is 9.36 Å². The summed E-state index contributed by atoms with van der Waals surface area (Å²) in [7, 11) is 3.67. The zero-order valence-electron chi connectivity index (χ0n) is 11.2. The Kier molecular flexibility index (Phi) is 4.01. The molecule has 3 rings (SSSR count). The Balaban J connectivity index is 2.05. The number of fused-ring (bicyclic) bond motifs is 1. The van der Waals surface area contributed by atoms with Crippen LogP contribution in [0.5, 0.6) is 0 Å². The van der Waals surface area contributed by atoms with Crippen molar-refractivity contribution in [3.05, 3.63) is 23.0 Å². The Morgan fingerprint density at radius 1 is 1.52 bits per heavy atom. The number of hydrogen-bond acceptors (Lipinski definition) is 7. The number of aromatic amines is 1. The molecule has 5 unspecified atom stereocenters. The lowest BCUT2D eigenvalue weighted by Crippen LogP contribution is -2.35. The van der Waals surface area contributed by atoms with Crippen molar-refractivity contribution in [2.45, 2.75) is 24.5 Å². The highest BCUT2D eigenvalue weighted by Gasteiger charge is 2.46. The van der Waals surface area contributed by atoms with E-state index in [1.165, 1.54) is 19.8 Å². The average Bonchev–Trinajstić information content (AvgIpc) is 3.07. The summed E-state index contributed by atoms with van der Waals surface area (Å²) in [6, 6.07) is 0. The molecule has 1 fully saturated rings. The van der Waals surface area contributed by atoms with Gasteiger partial charge in [-0.2, -0.15) is 0 Å². The number of imidazole rings is 1. The summed E-state index contributed by atoms with van der Waals surface area (Å²) in [5, 5.41) is 9.39. The zero-order chi connectivity index (χ0) is 15.0. The largest absolute Gasteiger partial charge is 0.394 e. The van der Waals surface area contributed by atoms with E-state index in [4.69, 9.17) is 14.0 Å². The molecule has 0 radical (unpaired) electrons. The van der Waals surface area contributed by atoms with Crippen molar-refractivity contribution >= 4 is 20.6 Å². The minimum Gasteiger partial charge on any atom is -0.394 e. The van der Waals surface area contributed by atoms with Crippen molar-refractivity contribution in [1.29, 1.82) is 0 Å². The first-order chi connectivity index (χ1) is 10.2. The highest BCUT2D eigenvalue weighted by molar-refractivity contribution is 7.09. The lowest BCUT2D eigenvalue weighted by Gasteiger charge is -2.21. The van der Waals surface area contributed by atoms with E-state index in [9.17, 15) is 9.90 Å². The van der Waals surface area contributed by atoms with Gasteiger partial charge in [0.05, 0.1) is 19.3 Å². The molecule has 114 valence electrons. The summed E-state index contributed by atoms with van der Waals surface area (Å²) in [4.78, 5) is 22.3. The number of nitrogens with zero attached hydrogens (tertiary/aromatic N) is 3. The second-order valence-electron chi connectivity index (χ2n) is 4.60. The fourth-order valence-electron chi connectivity index (χ4n) is 2.54. The van der Waals surface area contributed by atoms with E-state index in [0.717, 1.165) is 0 Å². The highest BCUT2D eigenvalue weighted by atomic mass is 31.0. The summed E-state index contributed by atoms with van der Waals surface area (Å²) in [5.41, 5.74) is 0.266. The third kappa shape index (κ3) is 2.27. The molecule has 10 heteroatoms. The van der Waals surface area contributed by atoms with E-state index in [1.54, 1.807) is 4.57 Å². The maximum Gasteiger partial charge on any atom is 0.278 e. The fourth-order valence-corrected chi connectivity index (χ4v) is 2.87. The highest BCUT2D eigenvalue weighted by Crippen LogP contribution is 2.35. The minimum atomic E-state index is -0.600. The molecule has 0 spiro atoms. The number of methoxy groups -OCH3 is 1. The van der Waals surface area contributed by atoms with Gasteiger partial charge in [-0.05, 0) is 0 Å². The van der Waals surface area contributed by atoms with Crippen LogP contribution in [0, 0.1) is 0 Å². The van der Waals surface area contributed by atoms with Gasteiger partial charge in [0.15, 0.2) is 17.4 Å². The lowest BCUT2D eigenvalue weighted by atomic mass is 10.1. The molecular formula is C11H15N4O5P. The molecule has 5 atom stereocenters. The Bertz CT molecular complexity index is 689. The van der Waals surface area contributed by atoms with E-state index in [-0.39, 0.29) is 17.7 Å². The quantitative estimate of drug-likeness (QED) is 0.711. The van der Waals surface area contributed by atoms with Crippen LogP contribution in [0.3, 0.4) is 0 Å². The number of H-pyrrole nitrogens is 1. The first kappa shape index (κ1) is 14.6. The number of hydrogen-bond donors (Lipinski definition) is 2. The van der Waals surface area contributed by atoms with Gasteiger partial charge in [-0.15, -0.1) is 0 Å². The molecule has 1 aliphatic rings. The maximum absolute atomic E-state index is 11.7. The van der Waals surface area contributed by atoms with Crippen molar-refractivity contribution in [2.75, 3.05) is 13.7 Å². The van der Waals surface area contributed by atoms with E-state index >= 15 is 0 Å². The predicted octanol–water partition coefficient (Wildman–Crippen LogP) is -0.800. The van der Waals surface area contributed by atoms with Crippen LogP contribution >= 0.6 is 9.47 Å². The third-order valence-corrected chi connectivity index (χ3v) is 3.85. The second-order valence-corrected chi connectivity index (χ2v) is 4.88. The number of aromatic nitrogens is 4. The summed E-state index contributed by atoms with van der Waals surface area (Å²) in [6.07, 6.45) is 0.678. The monoisotopic (exact) mass is 314 g/mol. The van der Waals surface area contributed by atoms with Gasteiger partial charge in [0, 0.05) is 16.6 Å². The minimum absolute atomic E-state index is 0.212. The van der Waals surface area contributed by atoms with Crippen molar-refractivity contribution in [2.24, 2.45) is 0 Å². The van der Waals surface area contributed by atoms with Crippen molar-refractivity contribution < 1.29 is 19.1 Å². The van der Waals surface area contributed by atoms with E-state index in [1.807, 2.05) is 0 Å².